The summed E-state index contributed by atoms with van der Waals surface area (Å²) in [4.78, 5) is 1.15. The van der Waals surface area contributed by atoms with E-state index in [1.807, 2.05) is 26.0 Å². The van der Waals surface area contributed by atoms with Gasteiger partial charge >= 0.3 is 0 Å². The van der Waals surface area contributed by atoms with E-state index in [0.29, 0.717) is 6.61 Å². The van der Waals surface area contributed by atoms with Crippen molar-refractivity contribution < 1.29 is 4.52 Å². The molecule has 1 nitrogen and oxygen atoms in total. The normalized spacial score (nSPS) is 14.8. The predicted molar refractivity (Wildman–Crippen MR) is 78.5 cm³/mol. The Kier molecular flexibility index (Phi) is 5.83. The molecule has 0 saturated heterocycles. The summed E-state index contributed by atoms with van der Waals surface area (Å²) >= 11 is 13.3. The number of hydrogen-bond donors (Lipinski definition) is 0. The highest BCUT2D eigenvalue weighted by molar-refractivity contribution is 8.69. The molecule has 1 atom stereocenters. The lowest BCUT2D eigenvalue weighted by Crippen LogP contribution is -1.88. The van der Waals surface area contributed by atoms with Gasteiger partial charge in [0.05, 0.1) is 0 Å². The van der Waals surface area contributed by atoms with E-state index in [-0.39, 0.29) is 0 Å². The van der Waals surface area contributed by atoms with Gasteiger partial charge in [-0.25, -0.2) is 0 Å². The zero-order chi connectivity index (χ0) is 12.2. The topological polar surface area (TPSA) is 9.23 Å². The Labute approximate surface area is 112 Å². The first-order valence-corrected chi connectivity index (χ1v) is 9.90. The second-order valence-electron chi connectivity index (χ2n) is 3.35. The molecule has 0 amide bonds. The molecule has 5 heteroatoms. The first-order chi connectivity index (χ1) is 7.50. The van der Waals surface area contributed by atoms with E-state index in [0.717, 1.165) is 21.6 Å². The van der Waals surface area contributed by atoms with E-state index >= 15 is 0 Å². The molecule has 0 radical (unpaired) electrons. The maximum absolute atomic E-state index is 5.99. The van der Waals surface area contributed by atoms with Crippen LogP contribution in [-0.2, 0) is 16.3 Å². The van der Waals surface area contributed by atoms with Crippen molar-refractivity contribution in [1.29, 1.82) is 0 Å². The second kappa shape index (κ2) is 6.42. The number of aryl methyl sites for hydroxylation is 1. The Morgan fingerprint density at radius 2 is 2.12 bits per heavy atom. The summed E-state index contributed by atoms with van der Waals surface area (Å²) in [5, 5.41) is 0.797. The molecule has 0 spiro atoms. The van der Waals surface area contributed by atoms with E-state index in [4.69, 9.17) is 27.9 Å². The van der Waals surface area contributed by atoms with Gasteiger partial charge in [-0.05, 0) is 37.6 Å². The van der Waals surface area contributed by atoms with Crippen molar-refractivity contribution in [3.8, 4) is 0 Å². The molecule has 0 aliphatic carbocycles. The third-order valence-corrected chi connectivity index (χ3v) is 9.00. The lowest BCUT2D eigenvalue weighted by Gasteiger charge is -2.19. The average Bonchev–Trinajstić information content (AvgIpc) is 2.24. The first-order valence-electron chi connectivity index (χ1n) is 5.20. The van der Waals surface area contributed by atoms with Crippen molar-refractivity contribution in [1.82, 2.24) is 0 Å². The van der Waals surface area contributed by atoms with Crippen LogP contribution in [0, 0.1) is 6.92 Å². The Balaban J connectivity index is 2.86. The predicted octanol–water partition coefficient (Wildman–Crippen LogP) is 5.11. The summed E-state index contributed by atoms with van der Waals surface area (Å²) < 4.78 is 5.71. The second-order valence-corrected chi connectivity index (χ2v) is 11.3. The summed E-state index contributed by atoms with van der Waals surface area (Å²) in [5.41, 5.74) is -0.666. The fourth-order valence-corrected chi connectivity index (χ4v) is 6.03. The molecule has 0 aliphatic rings. The third kappa shape index (κ3) is 4.05. The van der Waals surface area contributed by atoms with Crippen LogP contribution in [0.2, 0.25) is 5.02 Å². The molecule has 0 bridgehead atoms. The lowest BCUT2D eigenvalue weighted by atomic mass is 10.2. The molecular formula is C11H16ClOPS2. The fraction of sp³-hybridized carbons (Fsp3) is 0.455. The maximum Gasteiger partial charge on any atom is 0.123 e. The van der Waals surface area contributed by atoms with E-state index in [9.17, 15) is 0 Å². The standard InChI is InChI=1S/C11H16ClOPS2/c1-4-13-14(15,5-2)16-10-6-7-11(12)9(3)8-10/h6-8H,4-5H2,1-3H3. The number of rotatable bonds is 5. The van der Waals surface area contributed by atoms with Gasteiger partial charge in [0.15, 0.2) is 0 Å². The Hall–Kier alpha value is 0.470. The minimum atomic E-state index is -1.75. The van der Waals surface area contributed by atoms with E-state index < -0.39 is 5.47 Å². The number of halogens is 1. The van der Waals surface area contributed by atoms with Gasteiger partial charge in [-0.1, -0.05) is 41.7 Å². The molecule has 1 rings (SSSR count). The number of hydrogen-bond acceptors (Lipinski definition) is 3. The van der Waals surface area contributed by atoms with E-state index in [1.165, 1.54) is 0 Å². The monoisotopic (exact) mass is 294 g/mol. The summed E-state index contributed by atoms with van der Waals surface area (Å²) in [5.74, 6) is 0. The van der Waals surface area contributed by atoms with Gasteiger partial charge in [0.2, 0.25) is 0 Å². The summed E-state index contributed by atoms with van der Waals surface area (Å²) in [6.07, 6.45) is 0.905. The van der Waals surface area contributed by atoms with Crippen LogP contribution in [0.25, 0.3) is 0 Å². The minimum absolute atomic E-state index is 0.685. The highest BCUT2D eigenvalue weighted by atomic mass is 35.5. The summed E-state index contributed by atoms with van der Waals surface area (Å²) in [7, 11) is 0. The molecule has 1 unspecified atom stereocenters. The van der Waals surface area contributed by atoms with Crippen LogP contribution in [0.5, 0.6) is 0 Å². The largest absolute Gasteiger partial charge is 0.341 e. The maximum atomic E-state index is 5.99. The molecule has 0 N–H and O–H groups in total. The van der Waals surface area contributed by atoms with Crippen LogP contribution in [0.1, 0.15) is 19.4 Å². The highest BCUT2D eigenvalue weighted by Gasteiger charge is 2.16. The smallest absolute Gasteiger partial charge is 0.123 e. The van der Waals surface area contributed by atoms with Crippen molar-refractivity contribution in [2.45, 2.75) is 25.7 Å². The Morgan fingerprint density at radius 1 is 1.44 bits per heavy atom. The van der Waals surface area contributed by atoms with Gasteiger partial charge in [0.1, 0.15) is 5.47 Å². The number of benzene rings is 1. The Morgan fingerprint density at radius 3 is 2.62 bits per heavy atom. The van der Waals surface area contributed by atoms with Crippen molar-refractivity contribution in [3.63, 3.8) is 0 Å². The molecule has 1 aromatic rings. The SMILES string of the molecule is CCOP(=S)(CC)Sc1ccc(Cl)c(C)c1. The third-order valence-electron chi connectivity index (χ3n) is 2.09. The van der Waals surface area contributed by atoms with Gasteiger partial charge < -0.3 is 4.52 Å². The quantitative estimate of drug-likeness (QED) is 0.699. The molecule has 0 fully saturated rings. The molecule has 0 heterocycles. The van der Waals surface area contributed by atoms with Crippen LogP contribution in [0.3, 0.4) is 0 Å². The van der Waals surface area contributed by atoms with Crippen LogP contribution < -0.4 is 0 Å². The van der Waals surface area contributed by atoms with Crippen molar-refractivity contribution in [2.75, 3.05) is 12.8 Å². The molecule has 16 heavy (non-hydrogen) atoms. The summed E-state index contributed by atoms with van der Waals surface area (Å²) in [6.45, 7) is 6.77. The van der Waals surface area contributed by atoms with Crippen molar-refractivity contribution >= 4 is 40.3 Å². The molecule has 0 saturated carbocycles. The average molecular weight is 295 g/mol. The van der Waals surface area contributed by atoms with Gasteiger partial charge in [-0.15, -0.1) is 0 Å². The molecule has 0 aliphatic heterocycles. The van der Waals surface area contributed by atoms with Crippen LogP contribution in [0.4, 0.5) is 0 Å². The molecule has 0 aromatic heterocycles. The van der Waals surface area contributed by atoms with Gasteiger partial charge in [0.25, 0.3) is 0 Å². The van der Waals surface area contributed by atoms with Gasteiger partial charge in [-0.3, -0.25) is 0 Å². The molecular weight excluding hydrogens is 279 g/mol. The van der Waals surface area contributed by atoms with Crippen LogP contribution in [-0.4, -0.2) is 12.8 Å². The van der Waals surface area contributed by atoms with Crippen molar-refractivity contribution in [3.05, 3.63) is 28.8 Å². The van der Waals surface area contributed by atoms with E-state index in [2.05, 4.69) is 13.0 Å². The molecule has 90 valence electrons. The highest BCUT2D eigenvalue weighted by Crippen LogP contribution is 2.62. The Bertz CT molecular complexity index is 409. The molecule has 1 aromatic carbocycles. The van der Waals surface area contributed by atoms with Gasteiger partial charge in [-0.2, -0.15) is 0 Å². The summed E-state index contributed by atoms with van der Waals surface area (Å²) in [6, 6.07) is 6.00. The van der Waals surface area contributed by atoms with Gasteiger partial charge in [0, 0.05) is 22.7 Å². The minimum Gasteiger partial charge on any atom is -0.341 e. The first kappa shape index (κ1) is 14.5. The zero-order valence-electron chi connectivity index (χ0n) is 9.70. The van der Waals surface area contributed by atoms with Crippen LogP contribution in [0.15, 0.2) is 23.1 Å². The lowest BCUT2D eigenvalue weighted by molar-refractivity contribution is 0.385. The van der Waals surface area contributed by atoms with E-state index in [1.54, 1.807) is 11.4 Å². The van der Waals surface area contributed by atoms with Crippen molar-refractivity contribution in [2.24, 2.45) is 0 Å². The fourth-order valence-electron chi connectivity index (χ4n) is 1.21. The zero-order valence-corrected chi connectivity index (χ0v) is 13.0. The van der Waals surface area contributed by atoms with Crippen LogP contribution >= 0.6 is 28.4 Å².